The van der Waals surface area contributed by atoms with Crippen LogP contribution < -0.4 is 10.9 Å². The Morgan fingerprint density at radius 3 is 2.70 bits per heavy atom. The SMILES string of the molecule is CC1CCC(CCl)(Nc2nccn(C3CC3)c2=O)CC1. The van der Waals surface area contributed by atoms with Crippen molar-refractivity contribution in [3.05, 3.63) is 22.7 Å². The predicted octanol–water partition coefficient (Wildman–Crippen LogP) is 3.18. The summed E-state index contributed by atoms with van der Waals surface area (Å²) >= 11 is 6.20. The minimum atomic E-state index is -0.164. The minimum Gasteiger partial charge on any atom is -0.359 e. The summed E-state index contributed by atoms with van der Waals surface area (Å²) in [5, 5.41) is 3.38. The van der Waals surface area contributed by atoms with Crippen molar-refractivity contribution in [1.29, 1.82) is 0 Å². The van der Waals surface area contributed by atoms with E-state index < -0.39 is 0 Å². The van der Waals surface area contributed by atoms with Crippen molar-refractivity contribution < 1.29 is 0 Å². The fraction of sp³-hybridized carbons (Fsp3) is 0.733. The zero-order valence-electron chi connectivity index (χ0n) is 11.9. The van der Waals surface area contributed by atoms with Gasteiger partial charge in [0.25, 0.3) is 5.56 Å². The van der Waals surface area contributed by atoms with Crippen LogP contribution in [0, 0.1) is 5.92 Å². The number of rotatable bonds is 4. The van der Waals surface area contributed by atoms with E-state index in [0.29, 0.717) is 17.7 Å². The zero-order chi connectivity index (χ0) is 14.2. The fourth-order valence-corrected chi connectivity index (χ4v) is 3.34. The Morgan fingerprint density at radius 2 is 2.10 bits per heavy atom. The average Bonchev–Trinajstić information content (AvgIpc) is 3.28. The van der Waals surface area contributed by atoms with E-state index in [1.165, 1.54) is 0 Å². The molecule has 4 nitrogen and oxygen atoms in total. The van der Waals surface area contributed by atoms with E-state index in [9.17, 15) is 4.79 Å². The van der Waals surface area contributed by atoms with Crippen LogP contribution in [0.25, 0.3) is 0 Å². The van der Waals surface area contributed by atoms with Gasteiger partial charge in [0.2, 0.25) is 0 Å². The van der Waals surface area contributed by atoms with Crippen molar-refractivity contribution >= 4 is 17.4 Å². The van der Waals surface area contributed by atoms with Crippen LogP contribution in [0.4, 0.5) is 5.82 Å². The summed E-state index contributed by atoms with van der Waals surface area (Å²) < 4.78 is 1.81. The summed E-state index contributed by atoms with van der Waals surface area (Å²) in [4.78, 5) is 16.7. The Morgan fingerprint density at radius 1 is 1.40 bits per heavy atom. The summed E-state index contributed by atoms with van der Waals surface area (Å²) in [5.41, 5.74) is -0.165. The van der Waals surface area contributed by atoms with Gasteiger partial charge < -0.3 is 9.88 Å². The van der Waals surface area contributed by atoms with Gasteiger partial charge in [0.15, 0.2) is 5.82 Å². The Kier molecular flexibility index (Phi) is 3.76. The molecule has 3 rings (SSSR count). The van der Waals surface area contributed by atoms with Gasteiger partial charge in [0.05, 0.1) is 5.54 Å². The zero-order valence-corrected chi connectivity index (χ0v) is 12.7. The maximum Gasteiger partial charge on any atom is 0.293 e. The van der Waals surface area contributed by atoms with Crippen molar-refractivity contribution in [3.8, 4) is 0 Å². The minimum absolute atomic E-state index is 0.00175. The van der Waals surface area contributed by atoms with Crippen molar-refractivity contribution in [2.45, 2.75) is 57.0 Å². The molecule has 0 aromatic carbocycles. The number of alkyl halides is 1. The molecule has 1 aromatic heterocycles. The van der Waals surface area contributed by atoms with Crippen molar-refractivity contribution in [3.63, 3.8) is 0 Å². The highest BCUT2D eigenvalue weighted by atomic mass is 35.5. The topological polar surface area (TPSA) is 46.9 Å². The Bertz CT molecular complexity index is 530. The largest absolute Gasteiger partial charge is 0.359 e. The monoisotopic (exact) mass is 295 g/mol. The van der Waals surface area contributed by atoms with Crippen molar-refractivity contribution in [2.75, 3.05) is 11.2 Å². The number of halogens is 1. The third-order valence-corrected chi connectivity index (χ3v) is 5.19. The van der Waals surface area contributed by atoms with Crippen molar-refractivity contribution in [1.82, 2.24) is 9.55 Å². The highest BCUT2D eigenvalue weighted by Gasteiger charge is 2.35. The lowest BCUT2D eigenvalue weighted by molar-refractivity contribution is 0.286. The molecule has 2 fully saturated rings. The van der Waals surface area contributed by atoms with Crippen LogP contribution in [0.5, 0.6) is 0 Å². The van der Waals surface area contributed by atoms with Gasteiger partial charge in [-0.1, -0.05) is 6.92 Å². The molecule has 0 spiro atoms. The molecule has 0 atom stereocenters. The van der Waals surface area contributed by atoms with E-state index >= 15 is 0 Å². The highest BCUT2D eigenvalue weighted by Crippen LogP contribution is 2.36. The van der Waals surface area contributed by atoms with Gasteiger partial charge in [-0.05, 0) is 44.4 Å². The first kappa shape index (κ1) is 13.9. The van der Waals surface area contributed by atoms with Crippen LogP contribution in [0.15, 0.2) is 17.2 Å². The van der Waals surface area contributed by atoms with E-state index in [2.05, 4.69) is 17.2 Å². The van der Waals surface area contributed by atoms with Gasteiger partial charge in [0.1, 0.15) is 0 Å². The van der Waals surface area contributed by atoms with Gasteiger partial charge in [0, 0.05) is 24.3 Å². The second kappa shape index (κ2) is 5.40. The first-order chi connectivity index (χ1) is 9.63. The second-order valence-electron chi connectivity index (χ2n) is 6.44. The Balaban J connectivity index is 1.82. The van der Waals surface area contributed by atoms with E-state index in [0.717, 1.165) is 44.4 Å². The van der Waals surface area contributed by atoms with Crippen LogP contribution in [0.3, 0.4) is 0 Å². The van der Waals surface area contributed by atoms with Crippen LogP contribution in [-0.2, 0) is 0 Å². The van der Waals surface area contributed by atoms with Gasteiger partial charge in [-0.2, -0.15) is 0 Å². The third kappa shape index (κ3) is 2.71. The lowest BCUT2D eigenvalue weighted by atomic mass is 9.78. The summed E-state index contributed by atoms with van der Waals surface area (Å²) in [5.74, 6) is 1.74. The maximum atomic E-state index is 12.4. The van der Waals surface area contributed by atoms with Crippen LogP contribution in [0.2, 0.25) is 0 Å². The standard InChI is InChI=1S/C15H22ClN3O/c1-11-4-6-15(10-16,7-5-11)18-13-14(20)19(9-8-17-13)12-2-3-12/h8-9,11-12H,2-7,10H2,1H3,(H,17,18). The van der Waals surface area contributed by atoms with E-state index in [1.54, 1.807) is 12.4 Å². The summed E-state index contributed by atoms with van der Waals surface area (Å²) in [6.45, 7) is 2.28. The van der Waals surface area contributed by atoms with E-state index in [1.807, 2.05) is 4.57 Å². The normalized spacial score (nSPS) is 30.2. The Hall–Kier alpha value is -1.03. The number of anilines is 1. The van der Waals surface area contributed by atoms with Crippen LogP contribution in [-0.4, -0.2) is 21.0 Å². The molecule has 0 bridgehead atoms. The van der Waals surface area contributed by atoms with Gasteiger partial charge in [-0.15, -0.1) is 11.6 Å². The molecule has 0 amide bonds. The number of nitrogens with one attached hydrogen (secondary N) is 1. The molecule has 0 saturated heterocycles. The molecule has 0 unspecified atom stereocenters. The maximum absolute atomic E-state index is 12.4. The number of hydrogen-bond acceptors (Lipinski definition) is 3. The average molecular weight is 296 g/mol. The molecule has 1 aromatic rings. The molecule has 110 valence electrons. The molecule has 2 aliphatic carbocycles. The summed E-state index contributed by atoms with van der Waals surface area (Å²) in [7, 11) is 0. The van der Waals surface area contributed by atoms with Crippen LogP contribution >= 0.6 is 11.6 Å². The molecule has 0 aliphatic heterocycles. The second-order valence-corrected chi connectivity index (χ2v) is 6.71. The number of aromatic nitrogens is 2. The molecule has 0 radical (unpaired) electrons. The van der Waals surface area contributed by atoms with Gasteiger partial charge in [-0.25, -0.2) is 4.98 Å². The predicted molar refractivity (Wildman–Crippen MR) is 81.5 cm³/mol. The summed E-state index contributed by atoms with van der Waals surface area (Å²) in [6, 6.07) is 0.379. The molecule has 1 heterocycles. The number of nitrogens with zero attached hydrogens (tertiary/aromatic N) is 2. The molecule has 2 saturated carbocycles. The quantitative estimate of drug-likeness (QED) is 0.868. The van der Waals surface area contributed by atoms with Gasteiger partial charge in [-0.3, -0.25) is 4.79 Å². The first-order valence-electron chi connectivity index (χ1n) is 7.55. The molecule has 2 aliphatic rings. The van der Waals surface area contributed by atoms with Crippen molar-refractivity contribution in [2.24, 2.45) is 5.92 Å². The van der Waals surface area contributed by atoms with E-state index in [4.69, 9.17) is 11.6 Å². The Labute approximate surface area is 124 Å². The number of hydrogen-bond donors (Lipinski definition) is 1. The van der Waals surface area contributed by atoms with Crippen LogP contribution in [0.1, 0.15) is 51.5 Å². The molecule has 5 heteroatoms. The molecule has 20 heavy (non-hydrogen) atoms. The first-order valence-corrected chi connectivity index (χ1v) is 8.08. The fourth-order valence-electron chi connectivity index (χ4n) is 3.01. The lowest BCUT2D eigenvalue weighted by Gasteiger charge is -2.39. The third-order valence-electron chi connectivity index (χ3n) is 4.68. The lowest BCUT2D eigenvalue weighted by Crippen LogP contribution is -2.45. The summed E-state index contributed by atoms with van der Waals surface area (Å²) in [6.07, 6.45) is 10.0. The smallest absolute Gasteiger partial charge is 0.293 e. The molecular formula is C15H22ClN3O. The molecule has 1 N–H and O–H groups in total. The van der Waals surface area contributed by atoms with E-state index in [-0.39, 0.29) is 11.1 Å². The van der Waals surface area contributed by atoms with Gasteiger partial charge >= 0.3 is 0 Å². The molecular weight excluding hydrogens is 274 g/mol. The highest BCUT2D eigenvalue weighted by molar-refractivity contribution is 6.18.